The first-order valence-electron chi connectivity index (χ1n) is 6.41. The van der Waals surface area contributed by atoms with Crippen LogP contribution in [0.15, 0.2) is 48.8 Å². The van der Waals surface area contributed by atoms with Crippen molar-refractivity contribution < 1.29 is 14.6 Å². The lowest BCUT2D eigenvalue weighted by atomic mass is 10.1. The smallest absolute Gasteiger partial charge is 0.257 e. The second-order valence-electron chi connectivity index (χ2n) is 4.87. The number of pyridine rings is 1. The van der Waals surface area contributed by atoms with E-state index in [9.17, 15) is 15.1 Å². The third-order valence-corrected chi connectivity index (χ3v) is 3.53. The Bertz CT molecular complexity index is 657. The van der Waals surface area contributed by atoms with E-state index in [0.29, 0.717) is 11.2 Å². The fourth-order valence-electron chi connectivity index (χ4n) is 2.56. The van der Waals surface area contributed by atoms with Crippen molar-refractivity contribution in [2.24, 2.45) is 0 Å². The molecule has 2 unspecified atom stereocenters. The minimum absolute atomic E-state index is 0.277. The van der Waals surface area contributed by atoms with Gasteiger partial charge in [0.1, 0.15) is 5.56 Å². The molecule has 5 heteroatoms. The number of carbonyl (C=O) groups excluding carboxylic acids is 1. The lowest BCUT2D eigenvalue weighted by molar-refractivity contribution is -0.605. The van der Waals surface area contributed by atoms with Gasteiger partial charge in [0.25, 0.3) is 5.91 Å². The van der Waals surface area contributed by atoms with Gasteiger partial charge < -0.3 is 15.6 Å². The predicted octanol–water partition coefficient (Wildman–Crippen LogP) is 0.708. The third kappa shape index (κ3) is 2.23. The van der Waals surface area contributed by atoms with Crippen molar-refractivity contribution in [3.63, 3.8) is 0 Å². The molecule has 1 amide bonds. The van der Waals surface area contributed by atoms with Gasteiger partial charge in [-0.2, -0.15) is 4.73 Å². The van der Waals surface area contributed by atoms with E-state index < -0.39 is 12.1 Å². The van der Waals surface area contributed by atoms with E-state index >= 15 is 0 Å². The van der Waals surface area contributed by atoms with E-state index in [-0.39, 0.29) is 11.5 Å². The summed E-state index contributed by atoms with van der Waals surface area (Å²) in [5.41, 5.74) is 2.25. The first-order valence-corrected chi connectivity index (χ1v) is 6.41. The maximum atomic E-state index is 12.1. The molecule has 2 aromatic rings. The summed E-state index contributed by atoms with van der Waals surface area (Å²) in [5.74, 6) is -0.365. The Morgan fingerprint density at radius 2 is 2.10 bits per heavy atom. The fraction of sp³-hybridized carbons (Fsp3) is 0.200. The number of benzene rings is 1. The molecule has 2 atom stereocenters. The quantitative estimate of drug-likeness (QED) is 0.623. The summed E-state index contributed by atoms with van der Waals surface area (Å²) in [6.45, 7) is 0. The van der Waals surface area contributed by atoms with E-state index in [1.165, 1.54) is 18.5 Å². The van der Waals surface area contributed by atoms with Crippen molar-refractivity contribution in [3.8, 4) is 0 Å². The van der Waals surface area contributed by atoms with Crippen LogP contribution in [0.5, 0.6) is 0 Å². The van der Waals surface area contributed by atoms with Gasteiger partial charge in [-0.25, -0.2) is 0 Å². The summed E-state index contributed by atoms with van der Waals surface area (Å²) < 4.78 is 0.577. The maximum absolute atomic E-state index is 12.1. The number of fused-ring (bicyclic) bond motifs is 1. The average Bonchev–Trinajstić information content (AvgIpc) is 2.75. The van der Waals surface area contributed by atoms with Gasteiger partial charge in [-0.1, -0.05) is 24.3 Å². The number of aromatic nitrogens is 1. The molecule has 0 fully saturated rings. The summed E-state index contributed by atoms with van der Waals surface area (Å²) in [7, 11) is 0. The number of hydrogen-bond donors (Lipinski definition) is 2. The van der Waals surface area contributed by atoms with Crippen LogP contribution >= 0.6 is 0 Å². The van der Waals surface area contributed by atoms with Crippen molar-refractivity contribution in [2.45, 2.75) is 18.6 Å². The maximum Gasteiger partial charge on any atom is 0.257 e. The first-order chi connectivity index (χ1) is 9.65. The largest absolute Gasteiger partial charge is 0.619 e. The molecular formula is C15H14N2O3. The number of carbonyl (C=O) groups is 1. The van der Waals surface area contributed by atoms with Gasteiger partial charge in [-0.15, -0.1) is 0 Å². The van der Waals surface area contributed by atoms with Crippen molar-refractivity contribution in [1.82, 2.24) is 5.32 Å². The molecule has 20 heavy (non-hydrogen) atoms. The Labute approximate surface area is 116 Å². The van der Waals surface area contributed by atoms with Gasteiger partial charge >= 0.3 is 0 Å². The molecule has 0 radical (unpaired) electrons. The zero-order valence-electron chi connectivity index (χ0n) is 10.7. The molecule has 1 heterocycles. The van der Waals surface area contributed by atoms with E-state index in [0.717, 1.165) is 11.1 Å². The molecule has 102 valence electrons. The Morgan fingerprint density at radius 1 is 1.30 bits per heavy atom. The number of nitrogens with zero attached hydrogens (tertiary/aromatic N) is 1. The fourth-order valence-corrected chi connectivity index (χ4v) is 2.56. The Hall–Kier alpha value is -2.40. The lowest BCUT2D eigenvalue weighted by Gasteiger charge is -2.17. The van der Waals surface area contributed by atoms with Crippen molar-refractivity contribution >= 4 is 5.91 Å². The number of rotatable bonds is 2. The molecule has 3 rings (SSSR count). The molecule has 0 spiro atoms. The molecule has 0 aliphatic heterocycles. The summed E-state index contributed by atoms with van der Waals surface area (Å²) >= 11 is 0. The standard InChI is InChI=1S/C15H14N2O3/c18-13-8-10-4-1-2-6-12(10)14(13)16-15(19)11-5-3-7-17(20)9-11/h1-7,9,13-14,18H,8H2,(H,16,19). The average molecular weight is 270 g/mol. The normalized spacial score (nSPS) is 20.4. The van der Waals surface area contributed by atoms with Crippen LogP contribution in [0, 0.1) is 5.21 Å². The third-order valence-electron chi connectivity index (χ3n) is 3.53. The summed E-state index contributed by atoms with van der Waals surface area (Å²) in [4.78, 5) is 12.1. The highest BCUT2D eigenvalue weighted by Crippen LogP contribution is 2.31. The van der Waals surface area contributed by atoms with Crippen LogP contribution in [0.1, 0.15) is 27.5 Å². The highest BCUT2D eigenvalue weighted by atomic mass is 16.5. The van der Waals surface area contributed by atoms with Crippen LogP contribution in [0.25, 0.3) is 0 Å². The van der Waals surface area contributed by atoms with Crippen LogP contribution in [0.4, 0.5) is 0 Å². The number of hydrogen-bond acceptors (Lipinski definition) is 3. The second-order valence-corrected chi connectivity index (χ2v) is 4.87. The van der Waals surface area contributed by atoms with Crippen LogP contribution < -0.4 is 10.0 Å². The Kier molecular flexibility index (Phi) is 3.12. The SMILES string of the molecule is O=C(NC1c2ccccc2CC1O)c1ccc[n+]([O-])c1. The molecule has 1 aliphatic rings. The van der Waals surface area contributed by atoms with E-state index in [1.807, 2.05) is 24.3 Å². The number of nitrogens with one attached hydrogen (secondary N) is 1. The number of aliphatic hydroxyl groups excluding tert-OH is 1. The number of aliphatic hydroxyl groups is 1. The van der Waals surface area contributed by atoms with Gasteiger partial charge in [0, 0.05) is 12.5 Å². The topological polar surface area (TPSA) is 76.3 Å². The minimum atomic E-state index is -0.639. The summed E-state index contributed by atoms with van der Waals surface area (Å²) in [6.07, 6.45) is 2.41. The summed E-state index contributed by atoms with van der Waals surface area (Å²) in [5, 5.41) is 24.0. The zero-order chi connectivity index (χ0) is 14.1. The molecular weight excluding hydrogens is 256 g/mol. The molecule has 0 saturated heterocycles. The second kappa shape index (κ2) is 4.94. The van der Waals surface area contributed by atoms with Crippen molar-refractivity contribution in [1.29, 1.82) is 0 Å². The number of amides is 1. The molecule has 1 aromatic heterocycles. The first kappa shape index (κ1) is 12.6. The van der Waals surface area contributed by atoms with Gasteiger partial charge in [0.05, 0.1) is 12.1 Å². The lowest BCUT2D eigenvalue weighted by Crippen LogP contribution is -2.35. The van der Waals surface area contributed by atoms with Crippen molar-refractivity contribution in [3.05, 3.63) is 70.7 Å². The van der Waals surface area contributed by atoms with Gasteiger partial charge in [0.2, 0.25) is 0 Å². The predicted molar refractivity (Wildman–Crippen MR) is 71.8 cm³/mol. The molecule has 0 bridgehead atoms. The van der Waals surface area contributed by atoms with E-state index in [2.05, 4.69) is 5.32 Å². The zero-order valence-corrected chi connectivity index (χ0v) is 10.7. The van der Waals surface area contributed by atoms with Crippen LogP contribution in [-0.4, -0.2) is 17.1 Å². The molecule has 1 aliphatic carbocycles. The molecule has 5 nitrogen and oxygen atoms in total. The highest BCUT2D eigenvalue weighted by molar-refractivity contribution is 5.94. The van der Waals surface area contributed by atoms with Crippen molar-refractivity contribution in [2.75, 3.05) is 0 Å². The van der Waals surface area contributed by atoms with Crippen LogP contribution in [0.3, 0.4) is 0 Å². The summed E-state index contributed by atoms with van der Waals surface area (Å²) in [6, 6.07) is 10.3. The van der Waals surface area contributed by atoms with E-state index in [1.54, 1.807) is 6.07 Å². The van der Waals surface area contributed by atoms with E-state index in [4.69, 9.17) is 0 Å². The van der Waals surface area contributed by atoms with Crippen LogP contribution in [-0.2, 0) is 6.42 Å². The minimum Gasteiger partial charge on any atom is -0.619 e. The molecule has 0 saturated carbocycles. The van der Waals surface area contributed by atoms with Gasteiger partial charge in [-0.3, -0.25) is 4.79 Å². The Balaban J connectivity index is 1.83. The van der Waals surface area contributed by atoms with Gasteiger partial charge in [-0.05, 0) is 17.2 Å². The molecule has 2 N–H and O–H groups in total. The highest BCUT2D eigenvalue weighted by Gasteiger charge is 2.32. The van der Waals surface area contributed by atoms with Gasteiger partial charge in [0.15, 0.2) is 12.4 Å². The monoisotopic (exact) mass is 270 g/mol. The Morgan fingerprint density at radius 3 is 2.90 bits per heavy atom. The molecule has 1 aromatic carbocycles. The van der Waals surface area contributed by atoms with Crippen LogP contribution in [0.2, 0.25) is 0 Å².